The van der Waals surface area contributed by atoms with Crippen molar-refractivity contribution in [2.75, 3.05) is 18.9 Å². The molecule has 1 aliphatic rings. The SMILES string of the molecule is CNC(=O)c1cc(Oc2ccccc2NC(=O)CC2CCCN2)ccn1. The Morgan fingerprint density at radius 3 is 2.92 bits per heavy atom. The Morgan fingerprint density at radius 1 is 1.31 bits per heavy atom. The molecule has 2 amide bonds. The van der Waals surface area contributed by atoms with E-state index >= 15 is 0 Å². The second-order valence-corrected chi connectivity index (χ2v) is 6.10. The van der Waals surface area contributed by atoms with Gasteiger partial charge in [0.1, 0.15) is 11.4 Å². The number of carbonyl (C=O) groups is 2. The zero-order chi connectivity index (χ0) is 18.4. The van der Waals surface area contributed by atoms with Gasteiger partial charge >= 0.3 is 0 Å². The lowest BCUT2D eigenvalue weighted by atomic mass is 10.1. The van der Waals surface area contributed by atoms with Crippen LogP contribution in [-0.4, -0.2) is 36.4 Å². The highest BCUT2D eigenvalue weighted by Crippen LogP contribution is 2.29. The molecule has 2 aromatic rings. The van der Waals surface area contributed by atoms with E-state index in [0.717, 1.165) is 19.4 Å². The van der Waals surface area contributed by atoms with Gasteiger partial charge in [0.05, 0.1) is 5.69 Å². The lowest BCUT2D eigenvalue weighted by molar-refractivity contribution is -0.116. The molecule has 0 spiro atoms. The molecule has 0 radical (unpaired) electrons. The van der Waals surface area contributed by atoms with Gasteiger partial charge in [-0.05, 0) is 37.6 Å². The number of nitrogens with one attached hydrogen (secondary N) is 3. The minimum absolute atomic E-state index is 0.0544. The third kappa shape index (κ3) is 4.58. The number of hydrogen-bond donors (Lipinski definition) is 3. The van der Waals surface area contributed by atoms with Gasteiger partial charge < -0.3 is 20.7 Å². The van der Waals surface area contributed by atoms with Gasteiger partial charge in [-0.15, -0.1) is 0 Å². The largest absolute Gasteiger partial charge is 0.455 e. The molecular weight excluding hydrogens is 332 g/mol. The summed E-state index contributed by atoms with van der Waals surface area (Å²) < 4.78 is 5.87. The molecule has 7 nitrogen and oxygen atoms in total. The fourth-order valence-electron chi connectivity index (χ4n) is 2.87. The molecule has 7 heteroatoms. The van der Waals surface area contributed by atoms with Crippen molar-refractivity contribution < 1.29 is 14.3 Å². The third-order valence-corrected chi connectivity index (χ3v) is 4.17. The Morgan fingerprint density at radius 2 is 2.15 bits per heavy atom. The van der Waals surface area contributed by atoms with E-state index in [1.54, 1.807) is 31.3 Å². The van der Waals surface area contributed by atoms with Crippen LogP contribution in [0.5, 0.6) is 11.5 Å². The topological polar surface area (TPSA) is 92.4 Å². The summed E-state index contributed by atoms with van der Waals surface area (Å²) in [4.78, 5) is 28.0. The van der Waals surface area contributed by atoms with E-state index in [4.69, 9.17) is 4.74 Å². The van der Waals surface area contributed by atoms with Crippen LogP contribution in [0, 0.1) is 0 Å². The first-order valence-corrected chi connectivity index (χ1v) is 8.64. The summed E-state index contributed by atoms with van der Waals surface area (Å²) in [5, 5.41) is 8.74. The molecule has 3 N–H and O–H groups in total. The summed E-state index contributed by atoms with van der Waals surface area (Å²) in [6, 6.07) is 10.7. The highest BCUT2D eigenvalue weighted by Gasteiger charge is 2.18. The molecule has 1 aliphatic heterocycles. The standard InChI is InChI=1S/C19H22N4O3/c1-20-19(25)16-12-14(8-10-22-16)26-17-7-3-2-6-15(17)23-18(24)11-13-5-4-9-21-13/h2-3,6-8,10,12-13,21H,4-5,9,11H2,1H3,(H,20,25)(H,23,24). The predicted octanol–water partition coefficient (Wildman–Crippen LogP) is 2.31. The van der Waals surface area contributed by atoms with Crippen LogP contribution in [0.25, 0.3) is 0 Å². The quantitative estimate of drug-likeness (QED) is 0.740. The molecule has 0 saturated carbocycles. The average molecular weight is 354 g/mol. The maximum Gasteiger partial charge on any atom is 0.269 e. The summed E-state index contributed by atoms with van der Waals surface area (Å²) in [5.74, 6) is 0.634. The Hall–Kier alpha value is -2.93. The molecule has 1 atom stereocenters. The van der Waals surface area contributed by atoms with Crippen LogP contribution in [0.2, 0.25) is 0 Å². The fraction of sp³-hybridized carbons (Fsp3) is 0.316. The maximum atomic E-state index is 12.3. The number of carbonyl (C=O) groups excluding carboxylic acids is 2. The number of pyridine rings is 1. The van der Waals surface area contributed by atoms with Crippen LogP contribution in [0.15, 0.2) is 42.6 Å². The number of para-hydroxylation sites is 2. The van der Waals surface area contributed by atoms with Crippen molar-refractivity contribution in [2.45, 2.75) is 25.3 Å². The van der Waals surface area contributed by atoms with Crippen LogP contribution in [0.3, 0.4) is 0 Å². The summed E-state index contributed by atoms with van der Waals surface area (Å²) in [7, 11) is 1.54. The monoisotopic (exact) mass is 354 g/mol. The number of amides is 2. The van der Waals surface area contributed by atoms with Crippen molar-refractivity contribution in [3.63, 3.8) is 0 Å². The summed E-state index contributed by atoms with van der Waals surface area (Å²) in [6.07, 6.45) is 4.06. The Labute approximate surface area is 152 Å². The maximum absolute atomic E-state index is 12.3. The van der Waals surface area contributed by atoms with Gasteiger partial charge in [0, 0.05) is 31.8 Å². The number of ether oxygens (including phenoxy) is 1. The first-order chi connectivity index (χ1) is 12.7. The zero-order valence-corrected chi connectivity index (χ0v) is 14.6. The van der Waals surface area contributed by atoms with Gasteiger partial charge in [-0.25, -0.2) is 0 Å². The molecule has 1 aromatic carbocycles. The van der Waals surface area contributed by atoms with Crippen molar-refractivity contribution in [1.29, 1.82) is 0 Å². The molecule has 3 rings (SSSR count). The molecule has 1 aromatic heterocycles. The van der Waals surface area contributed by atoms with Crippen LogP contribution < -0.4 is 20.7 Å². The van der Waals surface area contributed by atoms with Crippen LogP contribution in [-0.2, 0) is 4.79 Å². The zero-order valence-electron chi connectivity index (χ0n) is 14.6. The molecule has 0 aliphatic carbocycles. The van der Waals surface area contributed by atoms with Gasteiger partial charge in [-0.3, -0.25) is 14.6 Å². The predicted molar refractivity (Wildman–Crippen MR) is 98.4 cm³/mol. The second kappa shape index (κ2) is 8.44. The van der Waals surface area contributed by atoms with Gasteiger partial charge in [-0.1, -0.05) is 12.1 Å². The first-order valence-electron chi connectivity index (χ1n) is 8.64. The smallest absolute Gasteiger partial charge is 0.269 e. The average Bonchev–Trinajstić information content (AvgIpc) is 3.16. The van der Waals surface area contributed by atoms with E-state index in [1.165, 1.54) is 6.20 Å². The molecule has 1 unspecified atom stereocenters. The Balaban J connectivity index is 1.70. The molecule has 136 valence electrons. The van der Waals surface area contributed by atoms with Crippen molar-refractivity contribution in [3.8, 4) is 11.5 Å². The number of rotatable bonds is 6. The van der Waals surface area contributed by atoms with E-state index in [9.17, 15) is 9.59 Å². The molecule has 26 heavy (non-hydrogen) atoms. The number of anilines is 1. The molecule has 1 fully saturated rings. The van der Waals surface area contributed by atoms with Crippen molar-refractivity contribution in [1.82, 2.24) is 15.6 Å². The van der Waals surface area contributed by atoms with Crippen LogP contribution in [0.4, 0.5) is 5.69 Å². The minimum atomic E-state index is -0.291. The van der Waals surface area contributed by atoms with E-state index in [-0.39, 0.29) is 23.6 Å². The summed E-state index contributed by atoms with van der Waals surface area (Å²) in [5.41, 5.74) is 0.854. The first kappa shape index (κ1) is 17.9. The van der Waals surface area contributed by atoms with Crippen molar-refractivity contribution in [3.05, 3.63) is 48.3 Å². The Kier molecular flexibility index (Phi) is 5.80. The lowest BCUT2D eigenvalue weighted by Gasteiger charge is -2.14. The number of benzene rings is 1. The van der Waals surface area contributed by atoms with E-state index in [0.29, 0.717) is 23.6 Å². The molecular formula is C19H22N4O3. The van der Waals surface area contributed by atoms with Gasteiger partial charge in [-0.2, -0.15) is 0 Å². The number of nitrogens with zero attached hydrogens (tertiary/aromatic N) is 1. The van der Waals surface area contributed by atoms with E-state index < -0.39 is 0 Å². The van der Waals surface area contributed by atoms with Crippen molar-refractivity contribution >= 4 is 17.5 Å². The van der Waals surface area contributed by atoms with Crippen LogP contribution >= 0.6 is 0 Å². The minimum Gasteiger partial charge on any atom is -0.455 e. The fourth-order valence-corrected chi connectivity index (χ4v) is 2.87. The summed E-state index contributed by atoms with van der Waals surface area (Å²) in [6.45, 7) is 0.966. The number of hydrogen-bond acceptors (Lipinski definition) is 5. The molecule has 0 bridgehead atoms. The third-order valence-electron chi connectivity index (χ3n) is 4.17. The molecule has 1 saturated heterocycles. The highest BCUT2D eigenvalue weighted by molar-refractivity contribution is 5.93. The lowest BCUT2D eigenvalue weighted by Crippen LogP contribution is -2.27. The van der Waals surface area contributed by atoms with Gasteiger partial charge in [0.25, 0.3) is 5.91 Å². The summed E-state index contributed by atoms with van der Waals surface area (Å²) >= 11 is 0. The highest BCUT2D eigenvalue weighted by atomic mass is 16.5. The second-order valence-electron chi connectivity index (χ2n) is 6.10. The van der Waals surface area contributed by atoms with Gasteiger partial charge in [0.2, 0.25) is 5.91 Å². The normalized spacial score (nSPS) is 16.1. The van der Waals surface area contributed by atoms with Crippen LogP contribution in [0.1, 0.15) is 29.8 Å². The van der Waals surface area contributed by atoms with Gasteiger partial charge in [0.15, 0.2) is 5.75 Å². The van der Waals surface area contributed by atoms with Crippen molar-refractivity contribution in [2.24, 2.45) is 0 Å². The number of aromatic nitrogens is 1. The van der Waals surface area contributed by atoms with E-state index in [1.807, 2.05) is 12.1 Å². The molecule has 2 heterocycles. The Bertz CT molecular complexity index is 788. The van der Waals surface area contributed by atoms with E-state index in [2.05, 4.69) is 20.9 Å².